The number of rotatable bonds is 5. The standard InChI is InChI=1S/C28H46O3/c1-18(2)31-25(30)10-7-19(3)22-8-9-23-27(22,5)16-13-24-26(4)15-12-21(29)17-20(26)11-14-28(23,24)6/h11,18-19,21-24,29H,7-10,12-17H2,1-6H3/t19-,21+,22-,23-,24-,26+,27-,28+/m1/s1. The Hall–Kier alpha value is -0.830. The van der Waals surface area contributed by atoms with Crippen LogP contribution >= 0.6 is 0 Å². The van der Waals surface area contributed by atoms with E-state index >= 15 is 0 Å². The molecule has 3 heteroatoms. The molecule has 31 heavy (non-hydrogen) atoms. The van der Waals surface area contributed by atoms with Crippen molar-refractivity contribution < 1.29 is 14.6 Å². The molecule has 0 aliphatic heterocycles. The highest BCUT2D eigenvalue weighted by atomic mass is 16.5. The second-order valence-corrected chi connectivity index (χ2v) is 12.6. The van der Waals surface area contributed by atoms with E-state index in [1.807, 2.05) is 13.8 Å². The summed E-state index contributed by atoms with van der Waals surface area (Å²) in [6.07, 6.45) is 13.4. The third kappa shape index (κ3) is 3.81. The van der Waals surface area contributed by atoms with Gasteiger partial charge in [0.1, 0.15) is 0 Å². The molecule has 8 atom stereocenters. The van der Waals surface area contributed by atoms with E-state index in [-0.39, 0.29) is 23.6 Å². The number of carbonyl (C=O) groups is 1. The molecule has 1 N–H and O–H groups in total. The van der Waals surface area contributed by atoms with Gasteiger partial charge in [-0.15, -0.1) is 0 Å². The molecule has 0 aromatic carbocycles. The molecule has 0 amide bonds. The first-order valence-corrected chi connectivity index (χ1v) is 13.1. The number of hydrogen-bond donors (Lipinski definition) is 1. The fourth-order valence-electron chi connectivity index (χ4n) is 9.14. The number of fused-ring (bicyclic) bond motifs is 5. The number of carbonyl (C=O) groups excluding carboxylic acids is 1. The number of allylic oxidation sites excluding steroid dienone is 1. The van der Waals surface area contributed by atoms with E-state index in [4.69, 9.17) is 4.74 Å². The van der Waals surface area contributed by atoms with Crippen LogP contribution in [0.15, 0.2) is 11.6 Å². The van der Waals surface area contributed by atoms with E-state index in [9.17, 15) is 9.90 Å². The maximum absolute atomic E-state index is 12.1. The minimum absolute atomic E-state index is 0.0158. The monoisotopic (exact) mass is 430 g/mol. The van der Waals surface area contributed by atoms with Gasteiger partial charge in [-0.1, -0.05) is 39.3 Å². The first kappa shape index (κ1) is 23.3. The second-order valence-electron chi connectivity index (χ2n) is 12.6. The van der Waals surface area contributed by atoms with Gasteiger partial charge in [0, 0.05) is 6.42 Å². The summed E-state index contributed by atoms with van der Waals surface area (Å²) in [5, 5.41) is 10.3. The van der Waals surface area contributed by atoms with Crippen LogP contribution in [0.2, 0.25) is 0 Å². The Morgan fingerprint density at radius 2 is 1.81 bits per heavy atom. The molecule has 4 aliphatic carbocycles. The van der Waals surface area contributed by atoms with Gasteiger partial charge in [-0.05, 0) is 112 Å². The van der Waals surface area contributed by atoms with Gasteiger partial charge in [0.25, 0.3) is 0 Å². The van der Waals surface area contributed by atoms with E-state index in [1.54, 1.807) is 5.57 Å². The van der Waals surface area contributed by atoms with Crippen molar-refractivity contribution in [2.24, 2.45) is 39.9 Å². The first-order valence-electron chi connectivity index (χ1n) is 13.1. The second kappa shape index (κ2) is 8.19. The molecule has 0 aromatic rings. The van der Waals surface area contributed by atoms with Gasteiger partial charge in [-0.25, -0.2) is 0 Å². The number of aliphatic hydroxyl groups is 1. The lowest BCUT2D eigenvalue weighted by Gasteiger charge is -2.63. The van der Waals surface area contributed by atoms with E-state index in [0.29, 0.717) is 29.1 Å². The summed E-state index contributed by atoms with van der Waals surface area (Å²) >= 11 is 0. The molecule has 0 saturated heterocycles. The SMILES string of the molecule is CC(C)OC(=O)CC[C@@H](C)[C@H]1CC[C@@H]2[C@]1(C)CC[C@H]1[C@@]2(C)CC=C2C[C@@H](O)CC[C@@]21C. The van der Waals surface area contributed by atoms with Crippen molar-refractivity contribution in [2.45, 2.75) is 118 Å². The van der Waals surface area contributed by atoms with Crippen LogP contribution in [-0.2, 0) is 9.53 Å². The molecule has 3 nitrogen and oxygen atoms in total. The van der Waals surface area contributed by atoms with Crippen LogP contribution in [0.5, 0.6) is 0 Å². The van der Waals surface area contributed by atoms with Crippen LogP contribution in [-0.4, -0.2) is 23.3 Å². The molecular formula is C28H46O3. The normalized spacial score (nSPS) is 45.4. The van der Waals surface area contributed by atoms with Crippen molar-refractivity contribution in [1.82, 2.24) is 0 Å². The molecule has 0 unspecified atom stereocenters. The smallest absolute Gasteiger partial charge is 0.306 e. The quantitative estimate of drug-likeness (QED) is 0.391. The summed E-state index contributed by atoms with van der Waals surface area (Å²) in [4.78, 5) is 12.1. The third-order valence-electron chi connectivity index (χ3n) is 10.6. The number of aliphatic hydroxyl groups excluding tert-OH is 1. The maximum Gasteiger partial charge on any atom is 0.306 e. The number of ether oxygens (including phenoxy) is 1. The molecule has 0 aromatic heterocycles. The molecule has 4 rings (SSSR count). The lowest BCUT2D eigenvalue weighted by atomic mass is 9.41. The van der Waals surface area contributed by atoms with E-state index < -0.39 is 0 Å². The van der Waals surface area contributed by atoms with Crippen LogP contribution in [0.1, 0.15) is 106 Å². The van der Waals surface area contributed by atoms with Gasteiger partial charge < -0.3 is 9.84 Å². The van der Waals surface area contributed by atoms with Crippen LogP contribution < -0.4 is 0 Å². The Balaban J connectivity index is 1.51. The van der Waals surface area contributed by atoms with Crippen LogP contribution in [0.3, 0.4) is 0 Å². The predicted octanol–water partition coefficient (Wildman–Crippen LogP) is 6.68. The highest BCUT2D eigenvalue weighted by Crippen LogP contribution is 2.71. The Morgan fingerprint density at radius 3 is 2.52 bits per heavy atom. The molecule has 0 heterocycles. The van der Waals surface area contributed by atoms with Gasteiger partial charge >= 0.3 is 5.97 Å². The zero-order valence-electron chi connectivity index (χ0n) is 20.9. The van der Waals surface area contributed by atoms with Crippen molar-refractivity contribution in [3.8, 4) is 0 Å². The Bertz CT molecular complexity index is 726. The van der Waals surface area contributed by atoms with E-state index in [0.717, 1.165) is 37.5 Å². The summed E-state index contributed by atoms with van der Waals surface area (Å²) < 4.78 is 5.39. The highest BCUT2D eigenvalue weighted by molar-refractivity contribution is 5.69. The lowest BCUT2D eigenvalue weighted by Crippen LogP contribution is -2.56. The van der Waals surface area contributed by atoms with Crippen LogP contribution in [0, 0.1) is 39.9 Å². The number of hydrogen-bond acceptors (Lipinski definition) is 3. The zero-order valence-corrected chi connectivity index (χ0v) is 20.9. The molecule has 176 valence electrons. The van der Waals surface area contributed by atoms with Crippen molar-refractivity contribution in [1.29, 1.82) is 0 Å². The Labute approximate surface area is 190 Å². The van der Waals surface area contributed by atoms with Gasteiger partial charge in [0.05, 0.1) is 12.2 Å². The fourth-order valence-corrected chi connectivity index (χ4v) is 9.14. The van der Waals surface area contributed by atoms with Crippen molar-refractivity contribution in [3.63, 3.8) is 0 Å². The van der Waals surface area contributed by atoms with Gasteiger partial charge in [-0.3, -0.25) is 4.79 Å². The third-order valence-corrected chi connectivity index (χ3v) is 10.6. The summed E-state index contributed by atoms with van der Waals surface area (Å²) in [6.45, 7) is 14.0. The lowest BCUT2D eigenvalue weighted by molar-refractivity contribution is -0.148. The molecule has 0 spiro atoms. The molecular weight excluding hydrogens is 384 g/mol. The van der Waals surface area contributed by atoms with Gasteiger partial charge in [-0.2, -0.15) is 0 Å². The molecule has 3 fully saturated rings. The molecule has 0 bridgehead atoms. The van der Waals surface area contributed by atoms with Gasteiger partial charge in [0.2, 0.25) is 0 Å². The minimum atomic E-state index is -0.128. The Morgan fingerprint density at radius 1 is 1.06 bits per heavy atom. The van der Waals surface area contributed by atoms with Crippen LogP contribution in [0.4, 0.5) is 0 Å². The average Bonchev–Trinajstić information content (AvgIpc) is 3.05. The summed E-state index contributed by atoms with van der Waals surface area (Å²) in [5.74, 6) is 2.78. The number of esters is 1. The van der Waals surface area contributed by atoms with Crippen molar-refractivity contribution >= 4 is 5.97 Å². The first-order chi connectivity index (χ1) is 14.5. The van der Waals surface area contributed by atoms with E-state index in [1.165, 1.54) is 32.1 Å². The minimum Gasteiger partial charge on any atom is -0.463 e. The Kier molecular flexibility index (Phi) is 6.16. The molecule has 0 radical (unpaired) electrons. The van der Waals surface area contributed by atoms with Crippen molar-refractivity contribution in [2.75, 3.05) is 0 Å². The summed E-state index contributed by atoms with van der Waals surface area (Å²) in [6, 6.07) is 0. The topological polar surface area (TPSA) is 46.5 Å². The van der Waals surface area contributed by atoms with Crippen LogP contribution in [0.25, 0.3) is 0 Å². The highest BCUT2D eigenvalue weighted by Gasteiger charge is 2.63. The molecule has 4 aliphatic rings. The van der Waals surface area contributed by atoms with E-state index in [2.05, 4.69) is 33.8 Å². The largest absolute Gasteiger partial charge is 0.463 e. The predicted molar refractivity (Wildman–Crippen MR) is 125 cm³/mol. The average molecular weight is 431 g/mol. The zero-order chi connectivity index (χ0) is 22.6. The fraction of sp³-hybridized carbons (Fsp3) is 0.893. The summed E-state index contributed by atoms with van der Waals surface area (Å²) in [7, 11) is 0. The maximum atomic E-state index is 12.1. The molecule has 3 saturated carbocycles. The summed E-state index contributed by atoms with van der Waals surface area (Å²) in [5.41, 5.74) is 2.61. The van der Waals surface area contributed by atoms with Crippen molar-refractivity contribution in [3.05, 3.63) is 11.6 Å². The van der Waals surface area contributed by atoms with Gasteiger partial charge in [0.15, 0.2) is 0 Å².